The maximum atomic E-state index is 14.2. The number of aromatic nitrogens is 1. The molecule has 4 fully saturated rings. The lowest BCUT2D eigenvalue weighted by Gasteiger charge is -2.41. The van der Waals surface area contributed by atoms with Crippen LogP contribution in [0.1, 0.15) is 110 Å². The van der Waals surface area contributed by atoms with Crippen LogP contribution < -0.4 is 35.9 Å². The number of H-pyrrole nitrogens is 1. The van der Waals surface area contributed by atoms with Crippen LogP contribution in [0.2, 0.25) is 0 Å². The molecule has 8 rings (SSSR count). The van der Waals surface area contributed by atoms with Crippen molar-refractivity contribution >= 4 is 23.4 Å². The Morgan fingerprint density at radius 2 is 1.35 bits per heavy atom. The summed E-state index contributed by atoms with van der Waals surface area (Å²) in [5.74, 6) is 2.05. The van der Waals surface area contributed by atoms with Crippen molar-refractivity contribution in [1.82, 2.24) is 30.7 Å². The van der Waals surface area contributed by atoms with Crippen LogP contribution in [0, 0.1) is 32.6 Å². The molecule has 18 nitrogen and oxygen atoms in total. The second-order valence-corrected chi connectivity index (χ2v) is 23.1. The fraction of sp³-hybridized carbons (Fsp3) is 0.606. The SMILES string of the molecule is CCN(c1cc(-c2ccc(OCCOCCOCCOCCOCCOc3ccc(CCN4CC[C@@H]5CCN(C(=O)C(NC(=O)[C@H](C)NC)C6CCCCC6)[C@@H]5C4)cc3)cc2)cc(C(=O)NCc2c(C)cc(C)[nH]c2=O)c1C)C1CCOCC1. The summed E-state index contributed by atoms with van der Waals surface area (Å²) in [5, 5.41) is 9.25. The van der Waals surface area contributed by atoms with Gasteiger partial charge < -0.3 is 68.8 Å². The number of aromatic amines is 1. The molecule has 84 heavy (non-hydrogen) atoms. The highest BCUT2D eigenvalue weighted by molar-refractivity contribution is 5.99. The lowest BCUT2D eigenvalue weighted by Crippen LogP contribution is -2.58. The fourth-order valence-electron chi connectivity index (χ4n) is 12.5. The van der Waals surface area contributed by atoms with Crippen LogP contribution in [-0.4, -0.2) is 176 Å². The van der Waals surface area contributed by atoms with Gasteiger partial charge in [0.25, 0.3) is 11.5 Å². The third kappa shape index (κ3) is 18.3. The van der Waals surface area contributed by atoms with Gasteiger partial charge in [-0.3, -0.25) is 19.2 Å². The largest absolute Gasteiger partial charge is 0.491 e. The zero-order valence-electron chi connectivity index (χ0n) is 50.9. The van der Waals surface area contributed by atoms with Crippen LogP contribution in [0.25, 0.3) is 11.1 Å². The molecule has 460 valence electrons. The molecule has 3 saturated heterocycles. The van der Waals surface area contributed by atoms with Crippen molar-refractivity contribution in [2.75, 3.05) is 124 Å². The van der Waals surface area contributed by atoms with Crippen molar-refractivity contribution in [3.05, 3.63) is 111 Å². The number of amides is 3. The predicted molar refractivity (Wildman–Crippen MR) is 327 cm³/mol. The molecule has 18 heteroatoms. The molecular formula is C66H95N7O11. The molecule has 4 aromatic rings. The van der Waals surface area contributed by atoms with Crippen molar-refractivity contribution in [1.29, 1.82) is 0 Å². The van der Waals surface area contributed by atoms with E-state index in [1.54, 1.807) is 7.05 Å². The third-order valence-electron chi connectivity index (χ3n) is 17.5. The molecule has 4 N–H and O–H groups in total. The molecule has 4 aliphatic rings. The number of rotatable bonds is 32. The highest BCUT2D eigenvalue weighted by Crippen LogP contribution is 2.37. The summed E-state index contributed by atoms with van der Waals surface area (Å²) in [6, 6.07) is 22.0. The number of pyridine rings is 1. The molecule has 3 aliphatic heterocycles. The molecular weight excluding hydrogens is 1070 g/mol. The summed E-state index contributed by atoms with van der Waals surface area (Å²) < 4.78 is 40.5. The number of fused-ring (bicyclic) bond motifs is 1. The molecule has 0 radical (unpaired) electrons. The van der Waals surface area contributed by atoms with Gasteiger partial charge in [0.05, 0.1) is 58.9 Å². The lowest BCUT2D eigenvalue weighted by atomic mass is 9.83. The van der Waals surface area contributed by atoms with Crippen LogP contribution in [0.15, 0.2) is 71.5 Å². The Hall–Kier alpha value is -5.86. The molecule has 3 amide bonds. The average Bonchev–Trinajstić information content (AvgIpc) is 2.87. The second kappa shape index (κ2) is 33.2. The molecule has 1 saturated carbocycles. The van der Waals surface area contributed by atoms with E-state index < -0.39 is 6.04 Å². The summed E-state index contributed by atoms with van der Waals surface area (Å²) in [7, 11) is 1.78. The van der Waals surface area contributed by atoms with E-state index in [1.807, 2.05) is 76.2 Å². The molecule has 4 atom stereocenters. The van der Waals surface area contributed by atoms with Crippen molar-refractivity contribution < 1.29 is 47.5 Å². The number of nitrogens with zero attached hydrogens (tertiary/aromatic N) is 3. The minimum Gasteiger partial charge on any atom is -0.491 e. The number of carbonyl (C=O) groups is 3. The molecule has 4 heterocycles. The van der Waals surface area contributed by atoms with Gasteiger partial charge in [-0.25, -0.2) is 0 Å². The van der Waals surface area contributed by atoms with Gasteiger partial charge in [-0.1, -0.05) is 43.5 Å². The predicted octanol–water partition coefficient (Wildman–Crippen LogP) is 7.56. The van der Waals surface area contributed by atoms with Gasteiger partial charge in [-0.05, 0) is 175 Å². The van der Waals surface area contributed by atoms with E-state index in [2.05, 4.69) is 60.8 Å². The minimum atomic E-state index is -0.443. The van der Waals surface area contributed by atoms with Crippen LogP contribution in [0.3, 0.4) is 0 Å². The van der Waals surface area contributed by atoms with Crippen LogP contribution >= 0.6 is 0 Å². The van der Waals surface area contributed by atoms with Crippen molar-refractivity contribution in [3.8, 4) is 22.6 Å². The van der Waals surface area contributed by atoms with E-state index in [-0.39, 0.29) is 47.8 Å². The lowest BCUT2D eigenvalue weighted by molar-refractivity contribution is -0.140. The number of benzene rings is 3. The van der Waals surface area contributed by atoms with Gasteiger partial charge in [0.1, 0.15) is 30.8 Å². The van der Waals surface area contributed by atoms with Crippen LogP contribution in [-0.2, 0) is 46.2 Å². The first-order valence-electron chi connectivity index (χ1n) is 31.1. The van der Waals surface area contributed by atoms with Crippen LogP contribution in [0.4, 0.5) is 5.69 Å². The minimum absolute atomic E-state index is 0.0954. The number of likely N-dealkylation sites (N-methyl/N-ethyl adjacent to an activating group) is 1. The Morgan fingerprint density at radius 1 is 0.738 bits per heavy atom. The molecule has 3 aromatic carbocycles. The van der Waals surface area contributed by atoms with E-state index in [4.69, 9.17) is 33.2 Å². The summed E-state index contributed by atoms with van der Waals surface area (Å²) >= 11 is 0. The van der Waals surface area contributed by atoms with Crippen LogP contribution in [0.5, 0.6) is 11.5 Å². The first-order valence-corrected chi connectivity index (χ1v) is 31.1. The summed E-state index contributed by atoms with van der Waals surface area (Å²) in [4.78, 5) is 63.9. The fourth-order valence-corrected chi connectivity index (χ4v) is 12.5. The number of hydrogen-bond acceptors (Lipinski definition) is 14. The number of anilines is 1. The first kappa shape index (κ1) is 64.1. The van der Waals surface area contributed by atoms with Crippen molar-refractivity contribution in [2.45, 2.75) is 130 Å². The molecule has 0 spiro atoms. The van der Waals surface area contributed by atoms with E-state index >= 15 is 0 Å². The quantitative estimate of drug-likeness (QED) is 0.0350. The summed E-state index contributed by atoms with van der Waals surface area (Å²) in [6.45, 7) is 20.2. The maximum absolute atomic E-state index is 14.2. The smallest absolute Gasteiger partial charge is 0.253 e. The van der Waals surface area contributed by atoms with Gasteiger partial charge in [-0.2, -0.15) is 0 Å². The Morgan fingerprint density at radius 3 is 1.95 bits per heavy atom. The second-order valence-electron chi connectivity index (χ2n) is 23.1. The van der Waals surface area contributed by atoms with E-state index in [0.29, 0.717) is 102 Å². The number of hydrogen-bond donors (Lipinski definition) is 4. The maximum Gasteiger partial charge on any atom is 0.253 e. The van der Waals surface area contributed by atoms with Gasteiger partial charge in [-0.15, -0.1) is 0 Å². The van der Waals surface area contributed by atoms with Gasteiger partial charge in [0.15, 0.2) is 0 Å². The monoisotopic (exact) mass is 1160 g/mol. The first-order chi connectivity index (χ1) is 40.9. The van der Waals surface area contributed by atoms with Gasteiger partial charge in [0, 0.05) is 80.5 Å². The molecule has 1 aliphatic carbocycles. The van der Waals surface area contributed by atoms with E-state index in [1.165, 1.54) is 12.0 Å². The van der Waals surface area contributed by atoms with E-state index in [0.717, 1.165) is 136 Å². The Kier molecular flexibility index (Phi) is 25.3. The Labute approximate surface area is 498 Å². The Bertz CT molecular complexity index is 2750. The number of piperidine rings is 1. The van der Waals surface area contributed by atoms with Crippen molar-refractivity contribution in [2.24, 2.45) is 11.8 Å². The topological polar surface area (TPSA) is 194 Å². The average molecular weight is 1160 g/mol. The molecule has 0 bridgehead atoms. The summed E-state index contributed by atoms with van der Waals surface area (Å²) in [6.07, 6.45) is 10.3. The highest BCUT2D eigenvalue weighted by Gasteiger charge is 2.44. The number of likely N-dealkylation sites (tertiary alicyclic amines) is 2. The van der Waals surface area contributed by atoms with Gasteiger partial charge in [0.2, 0.25) is 11.8 Å². The number of ether oxygens (including phenoxy) is 7. The Balaban J connectivity index is 0.661. The normalized spacial score (nSPS) is 18.5. The highest BCUT2D eigenvalue weighted by atomic mass is 16.6. The standard InChI is InChI=1S/C66H95N7O11/c1-7-72(55-24-29-78-30-25-55)60-43-54(42-58(48(60)4)64(75)68-44-59-46(2)41-47(3)69-65(59)76)51-15-19-57(20-16-51)84-40-38-82-36-34-80-32-31-79-33-35-81-37-39-83-56-17-13-50(14-18-56)21-26-71-27-22-52-23-28-73(61(52)45-71)66(77)62(53-11-9-8-10-12-53)70-63(74)49(5)67-6/h13-20,41-43,49,52-53,55,61-62,67H,7-12,21-40,44-45H2,1-6H3,(H,68,75)(H,69,76)(H,70,74)/t49-,52+,61+,62?/m0/s1. The van der Waals surface area contributed by atoms with E-state index in [9.17, 15) is 19.2 Å². The zero-order valence-corrected chi connectivity index (χ0v) is 50.9. The molecule has 1 unspecified atom stereocenters. The number of nitrogens with one attached hydrogen (secondary N) is 4. The molecule has 1 aromatic heterocycles. The van der Waals surface area contributed by atoms with Crippen molar-refractivity contribution in [3.63, 3.8) is 0 Å². The third-order valence-corrected chi connectivity index (χ3v) is 17.5. The number of aryl methyl sites for hydroxylation is 2. The zero-order chi connectivity index (χ0) is 59.2. The number of carbonyl (C=O) groups excluding carboxylic acids is 3. The summed E-state index contributed by atoms with van der Waals surface area (Å²) in [5.41, 5.74) is 7.59. The van der Waals surface area contributed by atoms with Gasteiger partial charge >= 0.3 is 0 Å².